The summed E-state index contributed by atoms with van der Waals surface area (Å²) in [7, 11) is 2.00. The van der Waals surface area contributed by atoms with E-state index in [2.05, 4.69) is 0 Å². The summed E-state index contributed by atoms with van der Waals surface area (Å²) in [6.45, 7) is 8.08. The maximum absolute atomic E-state index is 12.2. The highest BCUT2D eigenvalue weighted by atomic mass is 19.1. The Hall–Kier alpha value is -16.3. The molecule has 24 nitrogen and oxygen atoms in total. The number of aryl methyl sites for hydroxylation is 4. The average molecular weight is 1790 g/mol. The number of alkyl halides is 4. The first-order valence-electron chi connectivity index (χ1n) is 38.6. The van der Waals surface area contributed by atoms with Gasteiger partial charge in [0.15, 0.2) is 0 Å². The number of esters is 8. The van der Waals surface area contributed by atoms with Gasteiger partial charge in [0.05, 0.1) is 51.0 Å². The molecule has 0 heterocycles. The van der Waals surface area contributed by atoms with Crippen molar-refractivity contribution < 1.29 is 93.8 Å². The zero-order valence-corrected chi connectivity index (χ0v) is 73.8. The third kappa shape index (κ3) is 41.9. The third-order valence-corrected chi connectivity index (χ3v) is 17.1. The molecule has 676 valence electrons. The number of nitrogens with two attached hydrogens (primary N) is 8. The third-order valence-electron chi connectivity index (χ3n) is 17.1. The van der Waals surface area contributed by atoms with E-state index >= 15 is 0 Å². The monoisotopic (exact) mass is 1790 g/mol. The Labute approximate surface area is 772 Å². The molecule has 0 bridgehead atoms. The highest BCUT2D eigenvalue weighted by Gasteiger charge is 2.15. The summed E-state index contributed by atoms with van der Waals surface area (Å²) < 4.78 is 80.1. The fourth-order valence-electron chi connectivity index (χ4n) is 10.6. The van der Waals surface area contributed by atoms with Crippen molar-refractivity contribution in [3.8, 4) is 23.0 Å². The fraction of sp³-hybridized carbons (Fsp3) is 0.120. The van der Waals surface area contributed by atoms with E-state index in [1.54, 1.807) is 243 Å². The van der Waals surface area contributed by atoms with Crippen LogP contribution in [0.2, 0.25) is 0 Å². The highest BCUT2D eigenvalue weighted by Crippen LogP contribution is 2.24. The molecule has 0 atom stereocenters. The van der Waals surface area contributed by atoms with Crippen LogP contribution in [-0.4, -0.2) is 110 Å². The summed E-state index contributed by atoms with van der Waals surface area (Å²) in [5.74, 6) is -1.95. The van der Waals surface area contributed by atoms with Crippen LogP contribution in [0.4, 0.5) is 63.1 Å². The molecule has 12 rings (SSSR count). The van der Waals surface area contributed by atoms with Gasteiger partial charge in [-0.1, -0.05) is 131 Å². The van der Waals surface area contributed by atoms with Gasteiger partial charge < -0.3 is 83.8 Å². The molecule has 0 aliphatic carbocycles. The molecule has 0 saturated carbocycles. The van der Waals surface area contributed by atoms with E-state index in [1.165, 1.54) is 24.3 Å². The van der Waals surface area contributed by atoms with Gasteiger partial charge in [-0.05, 0) is 243 Å². The molecule has 0 aliphatic heterocycles. The number of ether oxygens (including phenoxy) is 8. The molecule has 16 N–H and O–H groups in total. The van der Waals surface area contributed by atoms with Crippen molar-refractivity contribution in [2.24, 2.45) is 0 Å². The summed E-state index contributed by atoms with van der Waals surface area (Å²) in [6, 6.07) is 75.9. The van der Waals surface area contributed by atoms with Crippen LogP contribution < -0.4 is 64.8 Å². The van der Waals surface area contributed by atoms with E-state index in [4.69, 9.17) is 83.8 Å². The number of hydrogen-bond acceptors (Lipinski definition) is 24. The van der Waals surface area contributed by atoms with E-state index < -0.39 is 47.8 Å². The van der Waals surface area contributed by atoms with Crippen molar-refractivity contribution in [3.63, 3.8) is 0 Å². The van der Waals surface area contributed by atoms with E-state index in [1.807, 2.05) is 76.2 Å². The summed E-state index contributed by atoms with van der Waals surface area (Å²) in [5, 5.41) is 0. The number of carbonyl (C=O) groups excluding carboxylic acids is 8. The lowest BCUT2D eigenvalue weighted by atomic mass is 10.1. The molecule has 12 aromatic carbocycles. The Bertz CT molecular complexity index is 5710. The van der Waals surface area contributed by atoms with Crippen LogP contribution in [0.25, 0.3) is 24.3 Å². The lowest BCUT2D eigenvalue weighted by Crippen LogP contribution is -2.08. The first kappa shape index (κ1) is 114. The van der Waals surface area contributed by atoms with E-state index in [0.29, 0.717) is 142 Å². The van der Waals surface area contributed by atoms with E-state index in [0.717, 1.165) is 44.5 Å². The molecule has 0 amide bonds. The molecule has 0 saturated heterocycles. The summed E-state index contributed by atoms with van der Waals surface area (Å²) in [6.07, 6.45) is 11.7. The van der Waals surface area contributed by atoms with Crippen LogP contribution in [0.1, 0.15) is 108 Å². The Balaban J connectivity index is 0.000000849. The van der Waals surface area contributed by atoms with Gasteiger partial charge in [0, 0.05) is 115 Å². The zero-order chi connectivity index (χ0) is 94.0. The van der Waals surface area contributed by atoms with Gasteiger partial charge in [0.25, 0.3) is 0 Å². The topological polar surface area (TPSA) is 419 Å². The lowest BCUT2D eigenvalue weighted by Gasteiger charge is -2.06. The lowest BCUT2D eigenvalue weighted by molar-refractivity contribution is -0.139. The van der Waals surface area contributed by atoms with E-state index in [-0.39, 0.29) is 60.1 Å². The Kier molecular flexibility index (Phi) is 52.7. The van der Waals surface area contributed by atoms with Crippen molar-refractivity contribution in [1.29, 1.82) is 0 Å². The molecule has 12 aromatic rings. The maximum Gasteiger partial charge on any atom is 0.343 e. The minimum Gasteiger partial charge on any atom is -0.458 e. The fourth-order valence-corrected chi connectivity index (χ4v) is 10.6. The second-order valence-corrected chi connectivity index (χ2v) is 27.0. The smallest absolute Gasteiger partial charge is 0.343 e. The molecule has 12 radical (unpaired) electrons. The number of halogens is 4. The summed E-state index contributed by atoms with van der Waals surface area (Å²) in [5.41, 5.74) is 61.8. The first-order valence-corrected chi connectivity index (χ1v) is 38.6. The minimum absolute atomic E-state index is 0. The van der Waals surface area contributed by atoms with Crippen molar-refractivity contribution >= 4 is 151 Å². The predicted molar refractivity (Wildman–Crippen MR) is 518 cm³/mol. The Morgan fingerprint density at radius 1 is 0.242 bits per heavy atom. The van der Waals surface area contributed by atoms with Gasteiger partial charge in [0.2, 0.25) is 0 Å². The molecular weight excluding hydrogens is 1690 g/mol. The van der Waals surface area contributed by atoms with Crippen LogP contribution in [0.15, 0.2) is 291 Å². The second-order valence-electron chi connectivity index (χ2n) is 27.0. The number of rotatable bonds is 24. The van der Waals surface area contributed by atoms with Crippen LogP contribution >= 0.6 is 0 Å². The first-order chi connectivity index (χ1) is 61.6. The number of anilines is 8. The molecule has 0 aliphatic rings. The van der Waals surface area contributed by atoms with Crippen molar-refractivity contribution in [3.05, 3.63) is 380 Å². The normalized spacial score (nSPS) is 9.91. The molecule has 32 heteroatoms. The van der Waals surface area contributed by atoms with Gasteiger partial charge in [-0.3, -0.25) is 17.6 Å². The Morgan fingerprint density at radius 3 is 0.667 bits per heavy atom. The number of nitrogen functional groups attached to an aromatic ring is 8. The SMILES string of the molecule is CF.CF.CF.CF.Cc1ccc(C(=O)Oc2ccc(/C=C/C(=O)OCc3cc(N)cc(N)c3)cc2)cc1.Cc1ccc(C(=O)Oc2ccc(/C=C/C(=O)OCc3ccc(N)cc3N)cc2)cc1.Cc1ccc(OC(=O)c2ccc(/C=C/C(=O)OCc3cc(N)cc(N)c3)cc2)cc1.Cc1ccc(OC(=O)c2ccc(/C=C/C(=O)OCc3ccc(N)cc3N)cc2)cc1.[B].[B].[B].[B]. The molecule has 0 aromatic heterocycles. The van der Waals surface area contributed by atoms with Crippen LogP contribution in [-0.2, 0) is 64.6 Å². The zero-order valence-electron chi connectivity index (χ0n) is 73.8. The molecule has 132 heavy (non-hydrogen) atoms. The predicted octanol–water partition coefficient (Wildman–Crippen LogP) is 17.4. The second kappa shape index (κ2) is 61.2. The van der Waals surface area contributed by atoms with Crippen LogP contribution in [0.3, 0.4) is 0 Å². The van der Waals surface area contributed by atoms with Gasteiger partial charge in [0.1, 0.15) is 49.4 Å². The molecule has 0 fully saturated rings. The quantitative estimate of drug-likeness (QED) is 0.00530. The number of hydrogen-bond donors (Lipinski definition) is 8. The van der Waals surface area contributed by atoms with Gasteiger partial charge in [-0.25, -0.2) is 38.4 Å². The maximum atomic E-state index is 12.2. The van der Waals surface area contributed by atoms with Gasteiger partial charge in [-0.2, -0.15) is 0 Å². The van der Waals surface area contributed by atoms with Gasteiger partial charge in [-0.15, -0.1) is 0 Å². The number of benzene rings is 12. The van der Waals surface area contributed by atoms with Gasteiger partial charge >= 0.3 is 47.8 Å². The molecule has 0 unspecified atom stereocenters. The number of carbonyl (C=O) groups is 8. The van der Waals surface area contributed by atoms with Crippen LogP contribution in [0.5, 0.6) is 23.0 Å². The molecule has 0 spiro atoms. The van der Waals surface area contributed by atoms with Crippen molar-refractivity contribution in [2.75, 3.05) is 74.6 Å². The molecular formula is C100H100B4F4N8O16. The standard InChI is InChI=1S/4C24H22N2O4.4CH3F.4B/c1-16-2-11-21(12-3-16)30-24(28)18-7-4-17(5-8-18)6-13-23(27)29-15-19-9-10-20(25)14-22(19)26;1-16-2-9-22(10-3-16)30-24(28)19-7-4-17(5-8-19)6-11-23(27)29-15-18-12-20(25)14-21(26)13-18;1-16-2-7-18(8-3-16)24(28)30-21-11-4-17(5-12-21)6-13-23(27)29-15-19-9-10-20(25)14-22(19)26;1-16-2-7-19(8-3-16)24(28)30-22-9-4-17(5-10-22)6-11-23(27)29-15-18-12-20(25)14-21(26)13-18;4*1-2;;;;/h4*2-14H,15,25-26H2,1H3;4*1H3;;;;/b13-6+;11-6+;13-6+;11-6+;;;;;;;;. The van der Waals surface area contributed by atoms with E-state index in [9.17, 15) is 55.9 Å². The summed E-state index contributed by atoms with van der Waals surface area (Å²) in [4.78, 5) is 96.4. The van der Waals surface area contributed by atoms with Crippen molar-refractivity contribution in [2.45, 2.75) is 54.1 Å². The highest BCUT2D eigenvalue weighted by molar-refractivity contribution is 5.95. The van der Waals surface area contributed by atoms with Crippen LogP contribution in [0, 0.1) is 27.7 Å². The largest absolute Gasteiger partial charge is 0.458 e. The minimum atomic E-state index is -0.505. The van der Waals surface area contributed by atoms with Crippen molar-refractivity contribution in [1.82, 2.24) is 0 Å². The average Bonchev–Trinajstić information content (AvgIpc) is 0.800. The summed E-state index contributed by atoms with van der Waals surface area (Å²) >= 11 is 0. The Morgan fingerprint density at radius 2 is 0.439 bits per heavy atom.